The molecule has 1 N–H and O–H groups in total. The highest BCUT2D eigenvalue weighted by Crippen LogP contribution is 2.37. The largest absolute Gasteiger partial charge is 0.465 e. The molecule has 1 aliphatic heterocycles. The van der Waals surface area contributed by atoms with Gasteiger partial charge in [-0.25, -0.2) is 14.8 Å². The average Bonchev–Trinajstić information content (AvgIpc) is 2.81. The predicted octanol–water partition coefficient (Wildman–Crippen LogP) is 1.33. The quantitative estimate of drug-likeness (QED) is 0.826. The van der Waals surface area contributed by atoms with Crippen LogP contribution in [0.15, 0.2) is 6.33 Å². The fourth-order valence-corrected chi connectivity index (χ4v) is 2.98. The number of carboxylic acid groups (broad SMARTS) is 1. The van der Waals surface area contributed by atoms with E-state index in [4.69, 9.17) is 5.11 Å². The maximum atomic E-state index is 10.9. The number of anilines is 1. The first-order valence-electron chi connectivity index (χ1n) is 6.73. The number of amides is 1. The second kappa shape index (κ2) is 4.68. The lowest BCUT2D eigenvalue weighted by molar-refractivity contribution is 0.142. The lowest BCUT2D eigenvalue weighted by Crippen LogP contribution is -2.48. The first kappa shape index (κ1) is 12.2. The number of hydrogen-bond acceptors (Lipinski definition) is 4. The van der Waals surface area contributed by atoms with Gasteiger partial charge in [0, 0.05) is 37.4 Å². The maximum absolute atomic E-state index is 10.9. The van der Waals surface area contributed by atoms with Gasteiger partial charge in [-0.05, 0) is 18.8 Å². The van der Waals surface area contributed by atoms with Crippen LogP contribution in [0.2, 0.25) is 0 Å². The fraction of sp³-hybridized carbons (Fsp3) is 0.615. The second-order valence-electron chi connectivity index (χ2n) is 5.25. The van der Waals surface area contributed by atoms with Crippen molar-refractivity contribution in [1.29, 1.82) is 0 Å². The number of aryl methyl sites for hydroxylation is 1. The molecule has 1 saturated heterocycles. The highest BCUT2D eigenvalue weighted by atomic mass is 16.4. The van der Waals surface area contributed by atoms with Crippen molar-refractivity contribution < 1.29 is 9.90 Å². The van der Waals surface area contributed by atoms with Crippen molar-refractivity contribution in [2.75, 3.05) is 31.1 Å². The van der Waals surface area contributed by atoms with Crippen LogP contribution in [-0.4, -0.2) is 52.2 Å². The molecule has 102 valence electrons. The van der Waals surface area contributed by atoms with E-state index in [1.54, 1.807) is 6.33 Å². The predicted molar refractivity (Wildman–Crippen MR) is 70.6 cm³/mol. The van der Waals surface area contributed by atoms with Gasteiger partial charge in [0.25, 0.3) is 0 Å². The van der Waals surface area contributed by atoms with Crippen LogP contribution in [-0.2, 0) is 6.42 Å². The van der Waals surface area contributed by atoms with Crippen LogP contribution in [0.5, 0.6) is 0 Å². The van der Waals surface area contributed by atoms with Gasteiger partial charge in [-0.15, -0.1) is 0 Å². The summed E-state index contributed by atoms with van der Waals surface area (Å²) in [5.74, 6) is 1.52. The summed E-state index contributed by atoms with van der Waals surface area (Å²) in [5, 5.41) is 8.97. The number of aromatic nitrogens is 2. The monoisotopic (exact) mass is 262 g/mol. The summed E-state index contributed by atoms with van der Waals surface area (Å²) < 4.78 is 0. The van der Waals surface area contributed by atoms with E-state index in [1.807, 2.05) is 0 Å². The van der Waals surface area contributed by atoms with Crippen LogP contribution in [0.1, 0.15) is 30.5 Å². The molecule has 19 heavy (non-hydrogen) atoms. The summed E-state index contributed by atoms with van der Waals surface area (Å²) in [6.45, 7) is 4.72. The SMILES string of the molecule is C[C@@H]1CCc2ncnc(N3CCN(C(=O)O)CC3)c21. The molecule has 1 aliphatic carbocycles. The zero-order chi connectivity index (χ0) is 13.4. The normalized spacial score (nSPS) is 22.5. The Morgan fingerprint density at radius 2 is 2.05 bits per heavy atom. The number of nitrogens with zero attached hydrogens (tertiary/aromatic N) is 4. The Hall–Kier alpha value is -1.85. The van der Waals surface area contributed by atoms with E-state index in [1.165, 1.54) is 10.5 Å². The molecule has 6 nitrogen and oxygen atoms in total. The van der Waals surface area contributed by atoms with Gasteiger partial charge in [0.15, 0.2) is 0 Å². The average molecular weight is 262 g/mol. The van der Waals surface area contributed by atoms with Crippen molar-refractivity contribution in [3.8, 4) is 0 Å². The van der Waals surface area contributed by atoms with Crippen molar-refractivity contribution in [1.82, 2.24) is 14.9 Å². The Bertz CT molecular complexity index is 497. The molecule has 0 saturated carbocycles. The van der Waals surface area contributed by atoms with E-state index >= 15 is 0 Å². The van der Waals surface area contributed by atoms with E-state index < -0.39 is 6.09 Å². The van der Waals surface area contributed by atoms with Crippen molar-refractivity contribution in [2.45, 2.75) is 25.7 Å². The molecule has 1 atom stereocenters. The summed E-state index contributed by atoms with van der Waals surface area (Å²) in [5.41, 5.74) is 2.43. The van der Waals surface area contributed by atoms with E-state index in [2.05, 4.69) is 21.8 Å². The second-order valence-corrected chi connectivity index (χ2v) is 5.25. The third kappa shape index (κ3) is 2.11. The Labute approximate surface area is 112 Å². The zero-order valence-electron chi connectivity index (χ0n) is 11.0. The molecular formula is C13H18N4O2. The van der Waals surface area contributed by atoms with E-state index in [0.29, 0.717) is 32.1 Å². The van der Waals surface area contributed by atoms with Gasteiger partial charge in [-0.3, -0.25) is 0 Å². The summed E-state index contributed by atoms with van der Waals surface area (Å²) in [7, 11) is 0. The smallest absolute Gasteiger partial charge is 0.407 e. The van der Waals surface area contributed by atoms with Crippen LogP contribution in [0, 0.1) is 0 Å². The minimum absolute atomic E-state index is 0.503. The highest BCUT2D eigenvalue weighted by Gasteiger charge is 2.29. The van der Waals surface area contributed by atoms with Gasteiger partial charge in [0.2, 0.25) is 0 Å². The molecule has 0 spiro atoms. The topological polar surface area (TPSA) is 69.6 Å². The molecular weight excluding hydrogens is 244 g/mol. The molecule has 2 heterocycles. The van der Waals surface area contributed by atoms with Crippen molar-refractivity contribution >= 4 is 11.9 Å². The Kier molecular flexibility index (Phi) is 3.00. The van der Waals surface area contributed by atoms with Gasteiger partial charge in [0.1, 0.15) is 12.1 Å². The van der Waals surface area contributed by atoms with Crippen LogP contribution >= 0.6 is 0 Å². The molecule has 0 aromatic carbocycles. The molecule has 0 unspecified atom stereocenters. The van der Waals surface area contributed by atoms with Gasteiger partial charge in [-0.1, -0.05) is 6.92 Å². The Morgan fingerprint density at radius 1 is 1.32 bits per heavy atom. The number of rotatable bonds is 1. The summed E-state index contributed by atoms with van der Waals surface area (Å²) >= 11 is 0. The van der Waals surface area contributed by atoms with Crippen LogP contribution in [0.4, 0.5) is 10.6 Å². The molecule has 0 radical (unpaired) electrons. The fourth-order valence-electron chi connectivity index (χ4n) is 2.98. The summed E-state index contributed by atoms with van der Waals surface area (Å²) in [6, 6.07) is 0. The highest BCUT2D eigenvalue weighted by molar-refractivity contribution is 5.65. The molecule has 0 bridgehead atoms. The molecule has 6 heteroatoms. The molecule has 1 fully saturated rings. The Balaban J connectivity index is 1.81. The van der Waals surface area contributed by atoms with Crippen molar-refractivity contribution in [3.63, 3.8) is 0 Å². The lowest BCUT2D eigenvalue weighted by Gasteiger charge is -2.35. The van der Waals surface area contributed by atoms with Crippen molar-refractivity contribution in [2.24, 2.45) is 0 Å². The first-order valence-corrected chi connectivity index (χ1v) is 6.73. The number of carbonyl (C=O) groups is 1. The number of piperazine rings is 1. The first-order chi connectivity index (χ1) is 9.16. The van der Waals surface area contributed by atoms with Crippen LogP contribution in [0.3, 0.4) is 0 Å². The Morgan fingerprint density at radius 3 is 2.74 bits per heavy atom. The van der Waals surface area contributed by atoms with Gasteiger partial charge < -0.3 is 14.9 Å². The maximum Gasteiger partial charge on any atom is 0.407 e. The molecule has 1 aromatic heterocycles. The number of fused-ring (bicyclic) bond motifs is 1. The standard InChI is InChI=1S/C13H18N4O2/c1-9-2-3-10-11(9)12(15-8-14-10)16-4-6-17(7-5-16)13(18)19/h8-9H,2-7H2,1H3,(H,18,19)/t9-/m1/s1. The van der Waals surface area contributed by atoms with Crippen LogP contribution < -0.4 is 4.90 Å². The summed E-state index contributed by atoms with van der Waals surface area (Å²) in [4.78, 5) is 23.4. The summed E-state index contributed by atoms with van der Waals surface area (Å²) in [6.07, 6.45) is 2.97. The molecule has 2 aliphatic rings. The third-order valence-electron chi connectivity index (χ3n) is 4.10. The number of hydrogen-bond donors (Lipinski definition) is 1. The third-order valence-corrected chi connectivity index (χ3v) is 4.10. The van der Waals surface area contributed by atoms with E-state index in [9.17, 15) is 4.79 Å². The minimum atomic E-state index is -0.832. The van der Waals surface area contributed by atoms with Gasteiger partial charge in [-0.2, -0.15) is 0 Å². The van der Waals surface area contributed by atoms with E-state index in [0.717, 1.165) is 24.4 Å². The molecule has 1 aromatic rings. The van der Waals surface area contributed by atoms with E-state index in [-0.39, 0.29) is 0 Å². The van der Waals surface area contributed by atoms with Crippen LogP contribution in [0.25, 0.3) is 0 Å². The minimum Gasteiger partial charge on any atom is -0.465 e. The molecule has 3 rings (SSSR count). The van der Waals surface area contributed by atoms with Crippen molar-refractivity contribution in [3.05, 3.63) is 17.6 Å². The zero-order valence-corrected chi connectivity index (χ0v) is 11.0. The molecule has 1 amide bonds. The van der Waals surface area contributed by atoms with Gasteiger partial charge in [0.05, 0.1) is 0 Å². The van der Waals surface area contributed by atoms with Gasteiger partial charge >= 0.3 is 6.09 Å². The lowest BCUT2D eigenvalue weighted by atomic mass is 10.1.